The van der Waals surface area contributed by atoms with E-state index in [1.807, 2.05) is 13.8 Å². The van der Waals surface area contributed by atoms with Crippen molar-refractivity contribution in [2.24, 2.45) is 23.2 Å². The third kappa shape index (κ3) is 20.3. The Morgan fingerprint density at radius 3 is 2.10 bits per heavy atom. The second kappa shape index (κ2) is 24.4. The van der Waals surface area contributed by atoms with E-state index < -0.39 is 35.3 Å². The first-order valence-electron chi connectivity index (χ1n) is 18.3. The number of nitrogens with two attached hydrogens (primary N) is 3. The molecule has 1 saturated carbocycles. The number of amides is 6. The van der Waals surface area contributed by atoms with E-state index >= 15 is 0 Å². The summed E-state index contributed by atoms with van der Waals surface area (Å²) in [5.74, 6) is 6.07. The summed E-state index contributed by atoms with van der Waals surface area (Å²) >= 11 is 0. The van der Waals surface area contributed by atoms with Crippen molar-refractivity contribution in [3.63, 3.8) is 0 Å². The molecular formula is C35H69N9O8. The largest absolute Gasteiger partial charge is 0.444 e. The van der Waals surface area contributed by atoms with Gasteiger partial charge in [-0.25, -0.2) is 15.4 Å². The zero-order valence-electron chi connectivity index (χ0n) is 32.7. The number of aliphatic hydroxyl groups excluding tert-OH is 1. The quantitative estimate of drug-likeness (QED) is 0.0499. The molecule has 0 bridgehead atoms. The Labute approximate surface area is 310 Å². The van der Waals surface area contributed by atoms with Crippen molar-refractivity contribution >= 4 is 30.3 Å². The summed E-state index contributed by atoms with van der Waals surface area (Å²) in [6.07, 6.45) is 9.42. The lowest BCUT2D eigenvalue weighted by atomic mass is 9.91. The van der Waals surface area contributed by atoms with Crippen LogP contribution in [0.2, 0.25) is 0 Å². The van der Waals surface area contributed by atoms with Gasteiger partial charge in [-0.05, 0) is 80.1 Å². The average molecular weight is 744 g/mol. The maximum absolute atomic E-state index is 12.4. The molecule has 12 N–H and O–H groups in total. The Balaban J connectivity index is 0.000000868. The second-order valence-electron chi connectivity index (χ2n) is 14.9. The molecule has 2 rings (SSSR count). The highest BCUT2D eigenvalue weighted by Gasteiger charge is 2.38. The van der Waals surface area contributed by atoms with Crippen LogP contribution >= 0.6 is 0 Å². The monoisotopic (exact) mass is 744 g/mol. The Hall–Kier alpha value is -3.83. The third-order valence-corrected chi connectivity index (χ3v) is 8.53. The highest BCUT2D eigenvalue weighted by Crippen LogP contribution is 2.26. The minimum Gasteiger partial charge on any atom is -0.444 e. The van der Waals surface area contributed by atoms with E-state index in [1.165, 1.54) is 43.3 Å². The van der Waals surface area contributed by atoms with Gasteiger partial charge in [-0.1, -0.05) is 39.0 Å². The molecule has 6 amide bonds. The van der Waals surface area contributed by atoms with E-state index in [4.69, 9.17) is 22.0 Å². The third-order valence-electron chi connectivity index (χ3n) is 8.53. The van der Waals surface area contributed by atoms with E-state index in [0.29, 0.717) is 57.4 Å². The number of hydrogen-bond donors (Lipinski definition) is 9. The molecule has 1 saturated heterocycles. The zero-order valence-corrected chi connectivity index (χ0v) is 32.7. The van der Waals surface area contributed by atoms with Crippen molar-refractivity contribution in [3.05, 3.63) is 11.9 Å². The van der Waals surface area contributed by atoms with Gasteiger partial charge in [0, 0.05) is 31.9 Å². The van der Waals surface area contributed by atoms with Gasteiger partial charge in [-0.2, -0.15) is 0 Å². The van der Waals surface area contributed by atoms with E-state index in [2.05, 4.69) is 28.2 Å². The number of aliphatic hydroxyl groups is 2. The smallest absolute Gasteiger partial charge is 0.408 e. The number of hydrazine groups is 1. The molecule has 0 aromatic carbocycles. The topological polar surface area (TPSA) is 268 Å². The zero-order chi connectivity index (χ0) is 40.1. The standard InChI is InChI=1S/C17H33N5O4.C11H22N4O4.C7H14/c1-11-7-12(22(19)13(8-18)17(5,6)25)10-21(11)14(23)9-20-15(24)26-16(2,3)4;1-2-13-11(19)14-6-4-3-5-8(15-7-16)9(17)10(12)18;1-7-5-3-2-4-6-7/h8,11-12,25H,7,9-10,18-19H2,1-6H3,(H,20,24);7-9,17H,2-6H2,1H3,(H2,12,18)(H,15,16)(H2,13,14,19);7H,2-6H2,1H3/b13-8-;;. The lowest BCUT2D eigenvalue weighted by molar-refractivity contribution is -0.131. The normalized spacial score (nSPS) is 19.0. The van der Waals surface area contributed by atoms with Crippen LogP contribution < -0.4 is 38.6 Å². The molecule has 0 radical (unpaired) electrons. The molecule has 2 fully saturated rings. The number of nitrogens with one attached hydrogen (secondary N) is 4. The molecule has 0 spiro atoms. The Bertz CT molecular complexity index is 1120. The number of urea groups is 1. The van der Waals surface area contributed by atoms with Crippen LogP contribution in [0.4, 0.5) is 9.59 Å². The summed E-state index contributed by atoms with van der Waals surface area (Å²) in [6.45, 7) is 15.8. The number of ether oxygens (including phenoxy) is 1. The number of unbranched alkanes of at least 4 members (excludes halogenated alkanes) is 1. The van der Waals surface area contributed by atoms with Crippen molar-refractivity contribution in [1.82, 2.24) is 31.2 Å². The fourth-order valence-electron chi connectivity index (χ4n) is 5.76. The number of primary amides is 1. The fraction of sp³-hybridized carbons (Fsp3) is 0.800. The van der Waals surface area contributed by atoms with Crippen molar-refractivity contribution in [1.29, 1.82) is 0 Å². The summed E-state index contributed by atoms with van der Waals surface area (Å²) in [6, 6.07) is -1.17. The number of hydrogen-bond acceptors (Lipinski definition) is 11. The fourth-order valence-corrected chi connectivity index (χ4v) is 5.76. The molecule has 302 valence electrons. The van der Waals surface area contributed by atoms with Gasteiger partial charge in [-0.15, -0.1) is 0 Å². The predicted molar refractivity (Wildman–Crippen MR) is 200 cm³/mol. The maximum Gasteiger partial charge on any atom is 0.408 e. The van der Waals surface area contributed by atoms with Crippen molar-refractivity contribution < 1.29 is 38.9 Å². The Morgan fingerprint density at radius 1 is 1.02 bits per heavy atom. The number of likely N-dealkylation sites (tertiary alicyclic amines) is 1. The van der Waals surface area contributed by atoms with Crippen molar-refractivity contribution in [3.8, 4) is 0 Å². The van der Waals surface area contributed by atoms with Crippen LogP contribution in [0.25, 0.3) is 0 Å². The van der Waals surface area contributed by atoms with Gasteiger partial charge < -0.3 is 57.6 Å². The average Bonchev–Trinajstić information content (AvgIpc) is 3.44. The first-order chi connectivity index (χ1) is 24.2. The molecule has 1 aliphatic heterocycles. The molecule has 0 aromatic heterocycles. The molecule has 1 aliphatic carbocycles. The first kappa shape index (κ1) is 48.2. The van der Waals surface area contributed by atoms with Crippen LogP contribution in [0.5, 0.6) is 0 Å². The number of nitrogens with zero attached hydrogens (tertiary/aromatic N) is 2. The van der Waals surface area contributed by atoms with Crippen LogP contribution in [-0.2, 0) is 19.1 Å². The van der Waals surface area contributed by atoms with Crippen LogP contribution in [-0.4, -0.2) is 112 Å². The minimum atomic E-state index is -1.40. The predicted octanol–water partition coefficient (Wildman–Crippen LogP) is 1.27. The first-order valence-corrected chi connectivity index (χ1v) is 18.3. The van der Waals surface area contributed by atoms with Crippen molar-refractivity contribution in [2.75, 3.05) is 26.2 Å². The Morgan fingerprint density at radius 2 is 1.63 bits per heavy atom. The summed E-state index contributed by atoms with van der Waals surface area (Å²) in [7, 11) is 0. The second-order valence-corrected chi connectivity index (χ2v) is 14.9. The highest BCUT2D eigenvalue weighted by molar-refractivity contribution is 5.83. The molecule has 0 aromatic rings. The van der Waals surface area contributed by atoms with Gasteiger partial charge in [0.25, 0.3) is 0 Å². The number of carbonyl (C=O) groups excluding carboxylic acids is 5. The molecule has 17 nitrogen and oxygen atoms in total. The lowest BCUT2D eigenvalue weighted by Gasteiger charge is -2.34. The van der Waals surface area contributed by atoms with Gasteiger partial charge in [0.2, 0.25) is 18.2 Å². The summed E-state index contributed by atoms with van der Waals surface area (Å²) < 4.78 is 5.12. The molecule has 4 atom stereocenters. The minimum absolute atomic E-state index is 0.0557. The van der Waals surface area contributed by atoms with E-state index in [1.54, 1.807) is 39.5 Å². The molecule has 4 unspecified atom stereocenters. The number of rotatable bonds is 15. The number of alkyl carbamates (subject to hydrolysis) is 1. The number of carbonyl (C=O) groups is 5. The lowest BCUT2D eigenvalue weighted by Crippen LogP contribution is -2.49. The van der Waals surface area contributed by atoms with E-state index in [-0.39, 0.29) is 30.6 Å². The van der Waals surface area contributed by atoms with Crippen LogP contribution in [0, 0.1) is 5.92 Å². The molecule has 17 heteroatoms. The van der Waals surface area contributed by atoms with Gasteiger partial charge in [0.15, 0.2) is 6.10 Å². The van der Waals surface area contributed by atoms with Crippen LogP contribution in [0.15, 0.2) is 11.9 Å². The SMILES string of the molecule is CC1CC(N(N)/C(=C\N)C(C)(C)O)CN1C(=O)CNC(=O)OC(C)(C)C.CC1CCCCC1.CCNC(=O)NCCCCC(NC=O)C(O)C(N)=O. The van der Waals surface area contributed by atoms with Crippen LogP contribution in [0.3, 0.4) is 0 Å². The molecule has 2 aliphatic rings. The Kier molecular flexibility index (Phi) is 22.6. The van der Waals surface area contributed by atoms with Crippen molar-refractivity contribution in [2.45, 2.75) is 149 Å². The van der Waals surface area contributed by atoms with Crippen LogP contribution in [0.1, 0.15) is 113 Å². The molecular weight excluding hydrogens is 674 g/mol. The van der Waals surface area contributed by atoms with Gasteiger partial charge in [-0.3, -0.25) is 14.4 Å². The summed E-state index contributed by atoms with van der Waals surface area (Å²) in [4.78, 5) is 58.0. The van der Waals surface area contributed by atoms with Gasteiger partial charge in [0.05, 0.1) is 17.8 Å². The molecule has 52 heavy (non-hydrogen) atoms. The summed E-state index contributed by atoms with van der Waals surface area (Å²) in [5.41, 5.74) is 9.13. The maximum atomic E-state index is 12.4. The highest BCUT2D eigenvalue weighted by atomic mass is 16.6. The van der Waals surface area contributed by atoms with E-state index in [0.717, 1.165) is 5.92 Å². The van der Waals surface area contributed by atoms with Gasteiger partial charge in [0.1, 0.15) is 17.7 Å². The van der Waals surface area contributed by atoms with E-state index in [9.17, 15) is 34.2 Å². The summed E-state index contributed by atoms with van der Waals surface area (Å²) in [5, 5.41) is 31.1. The molecule has 1 heterocycles. The van der Waals surface area contributed by atoms with Gasteiger partial charge >= 0.3 is 12.1 Å².